The van der Waals surface area contributed by atoms with E-state index in [4.69, 9.17) is 39.8 Å². The Morgan fingerprint density at radius 1 is 1.14 bits per heavy atom. The minimum Gasteiger partial charge on any atom is -0.481 e. The monoisotopic (exact) mass is 347 g/mol. The van der Waals surface area contributed by atoms with Crippen molar-refractivity contribution in [1.29, 1.82) is 0 Å². The Balaban J connectivity index is 0.000000409. The molecule has 0 radical (unpaired) electrons. The van der Waals surface area contributed by atoms with E-state index >= 15 is 0 Å². The Labute approximate surface area is 141 Å². The Morgan fingerprint density at radius 3 is 2.14 bits per heavy atom. The van der Waals surface area contributed by atoms with Crippen LogP contribution < -0.4 is 11.5 Å². The second-order valence-electron chi connectivity index (χ2n) is 4.66. The van der Waals surface area contributed by atoms with Gasteiger partial charge in [-0.1, -0.05) is 61.9 Å². The maximum Gasteiger partial charge on any atom is 0.303 e. The molecule has 0 aromatic heterocycles. The standard InChI is InChI=1S/C8H16O2.C7H7Cl2N3/c1-2-3-4-5-6-7-8(9)10;8-4-2-1-3-5(9)6(4)12-7(10)11/h2-7H2,1H3,(H,9,10);1-3H,(H4,10,11,12). The van der Waals surface area contributed by atoms with Crippen LogP contribution in [0.25, 0.3) is 0 Å². The summed E-state index contributed by atoms with van der Waals surface area (Å²) in [7, 11) is 0. The van der Waals surface area contributed by atoms with Gasteiger partial charge in [-0.15, -0.1) is 0 Å². The molecule has 0 aliphatic rings. The number of carbonyl (C=O) groups is 1. The minimum absolute atomic E-state index is 0.0648. The zero-order chi connectivity index (χ0) is 17.0. The number of carboxylic acids is 1. The van der Waals surface area contributed by atoms with E-state index in [0.717, 1.165) is 12.8 Å². The quantitative estimate of drug-likeness (QED) is 0.388. The molecular formula is C15H23Cl2N3O2. The molecule has 0 unspecified atom stereocenters. The Bertz CT molecular complexity index is 469. The molecular weight excluding hydrogens is 325 g/mol. The van der Waals surface area contributed by atoms with Gasteiger partial charge < -0.3 is 16.6 Å². The Kier molecular flexibility index (Phi) is 11.3. The van der Waals surface area contributed by atoms with E-state index < -0.39 is 5.97 Å². The van der Waals surface area contributed by atoms with E-state index in [-0.39, 0.29) is 5.96 Å². The number of guanidine groups is 1. The number of rotatable bonds is 7. The number of nitrogens with two attached hydrogens (primary N) is 2. The van der Waals surface area contributed by atoms with Crippen molar-refractivity contribution in [3.05, 3.63) is 28.2 Å². The maximum absolute atomic E-state index is 10.0. The third-order valence-electron chi connectivity index (χ3n) is 2.67. The predicted molar refractivity (Wildman–Crippen MR) is 92.9 cm³/mol. The van der Waals surface area contributed by atoms with Crippen LogP contribution in [0, 0.1) is 0 Å². The summed E-state index contributed by atoms with van der Waals surface area (Å²) in [6.07, 6.45) is 5.88. The summed E-state index contributed by atoms with van der Waals surface area (Å²) >= 11 is 11.5. The molecule has 1 aromatic carbocycles. The predicted octanol–water partition coefficient (Wildman–Crippen LogP) is 4.33. The molecule has 0 heterocycles. The first-order valence-electron chi connectivity index (χ1n) is 7.13. The molecule has 5 nitrogen and oxygen atoms in total. The summed E-state index contributed by atoms with van der Waals surface area (Å²) in [6, 6.07) is 5.04. The molecule has 0 aliphatic heterocycles. The molecule has 7 heteroatoms. The van der Waals surface area contributed by atoms with Crippen LogP contribution >= 0.6 is 23.2 Å². The average molecular weight is 348 g/mol. The summed E-state index contributed by atoms with van der Waals surface area (Å²) in [5.74, 6) is -0.735. The van der Waals surface area contributed by atoms with Gasteiger partial charge in [0.05, 0.1) is 10.0 Å². The van der Waals surface area contributed by atoms with Crippen LogP contribution in [-0.4, -0.2) is 17.0 Å². The van der Waals surface area contributed by atoms with Crippen LogP contribution in [0.4, 0.5) is 5.69 Å². The molecule has 5 N–H and O–H groups in total. The molecule has 0 fully saturated rings. The normalized spacial score (nSPS) is 9.59. The lowest BCUT2D eigenvalue weighted by molar-refractivity contribution is -0.137. The van der Waals surface area contributed by atoms with Gasteiger partial charge in [0, 0.05) is 6.42 Å². The highest BCUT2D eigenvalue weighted by molar-refractivity contribution is 6.38. The fraction of sp³-hybridized carbons (Fsp3) is 0.467. The molecule has 0 atom stereocenters. The molecule has 0 spiro atoms. The Hall–Kier alpha value is -1.46. The van der Waals surface area contributed by atoms with Crippen LogP contribution in [0.2, 0.25) is 10.0 Å². The molecule has 0 aliphatic carbocycles. The lowest BCUT2D eigenvalue weighted by Crippen LogP contribution is -2.21. The van der Waals surface area contributed by atoms with Crippen molar-refractivity contribution in [1.82, 2.24) is 0 Å². The number of carboxylic acid groups (broad SMARTS) is 1. The average Bonchev–Trinajstić information content (AvgIpc) is 2.43. The molecule has 0 saturated heterocycles. The second-order valence-corrected chi connectivity index (χ2v) is 5.48. The third-order valence-corrected chi connectivity index (χ3v) is 3.28. The van der Waals surface area contributed by atoms with Crippen molar-refractivity contribution >= 4 is 40.8 Å². The van der Waals surface area contributed by atoms with Gasteiger partial charge in [-0.05, 0) is 18.6 Å². The number of hydrogen-bond acceptors (Lipinski definition) is 2. The molecule has 1 rings (SSSR count). The van der Waals surface area contributed by atoms with Gasteiger partial charge in [0.2, 0.25) is 0 Å². The van der Waals surface area contributed by atoms with E-state index in [0.29, 0.717) is 22.2 Å². The van der Waals surface area contributed by atoms with Crippen molar-refractivity contribution in [2.75, 3.05) is 0 Å². The van der Waals surface area contributed by atoms with Crippen LogP contribution in [-0.2, 0) is 4.79 Å². The molecule has 124 valence electrons. The van der Waals surface area contributed by atoms with Crippen molar-refractivity contribution in [2.24, 2.45) is 16.5 Å². The van der Waals surface area contributed by atoms with E-state index in [1.165, 1.54) is 19.3 Å². The first-order valence-corrected chi connectivity index (χ1v) is 7.89. The number of aliphatic imine (C=N–C) groups is 1. The van der Waals surface area contributed by atoms with Crippen molar-refractivity contribution in [3.8, 4) is 0 Å². The highest BCUT2D eigenvalue weighted by atomic mass is 35.5. The number of para-hydroxylation sites is 1. The first kappa shape index (κ1) is 20.5. The van der Waals surface area contributed by atoms with Gasteiger partial charge in [0.15, 0.2) is 5.96 Å². The van der Waals surface area contributed by atoms with Crippen LogP contribution in [0.1, 0.15) is 45.4 Å². The van der Waals surface area contributed by atoms with Crippen LogP contribution in [0.5, 0.6) is 0 Å². The zero-order valence-corrected chi connectivity index (χ0v) is 14.2. The van der Waals surface area contributed by atoms with E-state index in [1.54, 1.807) is 18.2 Å². The fourth-order valence-corrected chi connectivity index (χ4v) is 2.09. The van der Waals surface area contributed by atoms with Crippen LogP contribution in [0.15, 0.2) is 23.2 Å². The number of halogens is 2. The molecule has 0 amide bonds. The van der Waals surface area contributed by atoms with Gasteiger partial charge in [-0.2, -0.15) is 0 Å². The smallest absolute Gasteiger partial charge is 0.303 e. The Morgan fingerprint density at radius 2 is 1.68 bits per heavy atom. The van der Waals surface area contributed by atoms with Crippen LogP contribution in [0.3, 0.4) is 0 Å². The van der Waals surface area contributed by atoms with Gasteiger partial charge in [0.1, 0.15) is 5.69 Å². The first-order chi connectivity index (χ1) is 10.4. The SMILES string of the molecule is CCCCCCCC(=O)O.NC(N)=Nc1c(Cl)cccc1Cl. The topological polar surface area (TPSA) is 102 Å². The van der Waals surface area contributed by atoms with Crippen molar-refractivity contribution in [3.63, 3.8) is 0 Å². The maximum atomic E-state index is 10.0. The molecule has 22 heavy (non-hydrogen) atoms. The van der Waals surface area contributed by atoms with E-state index in [9.17, 15) is 4.79 Å². The third kappa shape index (κ3) is 10.3. The van der Waals surface area contributed by atoms with Gasteiger partial charge in [-0.3, -0.25) is 4.79 Å². The van der Waals surface area contributed by atoms with Crippen molar-refractivity contribution in [2.45, 2.75) is 45.4 Å². The molecule has 0 saturated carbocycles. The summed E-state index contributed by atoms with van der Waals surface area (Å²) in [4.78, 5) is 13.8. The number of benzene rings is 1. The largest absolute Gasteiger partial charge is 0.481 e. The van der Waals surface area contributed by atoms with Gasteiger partial charge in [0.25, 0.3) is 0 Å². The summed E-state index contributed by atoms with van der Waals surface area (Å²) in [5.41, 5.74) is 10.7. The van der Waals surface area contributed by atoms with E-state index in [2.05, 4.69) is 11.9 Å². The van der Waals surface area contributed by atoms with Gasteiger partial charge in [-0.25, -0.2) is 4.99 Å². The highest BCUT2D eigenvalue weighted by Crippen LogP contribution is 2.32. The lowest BCUT2D eigenvalue weighted by atomic mass is 10.1. The van der Waals surface area contributed by atoms with E-state index in [1.807, 2.05) is 0 Å². The zero-order valence-electron chi connectivity index (χ0n) is 12.7. The van der Waals surface area contributed by atoms with Crippen molar-refractivity contribution < 1.29 is 9.90 Å². The minimum atomic E-state index is -0.670. The molecule has 0 bridgehead atoms. The van der Waals surface area contributed by atoms with Gasteiger partial charge >= 0.3 is 5.97 Å². The fourth-order valence-electron chi connectivity index (χ4n) is 1.60. The second kappa shape index (κ2) is 12.1. The number of aliphatic carboxylic acids is 1. The number of hydrogen-bond donors (Lipinski definition) is 3. The highest BCUT2D eigenvalue weighted by Gasteiger charge is 2.02. The summed E-state index contributed by atoms with van der Waals surface area (Å²) < 4.78 is 0. The summed E-state index contributed by atoms with van der Waals surface area (Å²) in [5, 5.41) is 9.12. The molecule has 1 aromatic rings. The number of unbranched alkanes of at least 4 members (excludes halogenated alkanes) is 4. The number of nitrogens with zero attached hydrogens (tertiary/aromatic N) is 1. The summed E-state index contributed by atoms with van der Waals surface area (Å²) in [6.45, 7) is 2.15. The lowest BCUT2D eigenvalue weighted by Gasteiger charge is -2.00.